The van der Waals surface area contributed by atoms with Crippen LogP contribution in [0.3, 0.4) is 0 Å². The van der Waals surface area contributed by atoms with Crippen molar-refractivity contribution < 1.29 is 29.3 Å². The van der Waals surface area contributed by atoms with Crippen molar-refractivity contribution >= 4 is 18.3 Å². The second kappa shape index (κ2) is 10.6. The number of aliphatic carboxylic acids is 1. The van der Waals surface area contributed by atoms with Crippen LogP contribution in [0.1, 0.15) is 57.8 Å². The van der Waals surface area contributed by atoms with Crippen LogP contribution in [0.25, 0.3) is 0 Å². The highest BCUT2D eigenvalue weighted by Gasteiger charge is 2.52. The Morgan fingerprint density at radius 1 is 1.10 bits per heavy atom. The molecule has 8 nitrogen and oxygen atoms in total. The van der Waals surface area contributed by atoms with Crippen molar-refractivity contribution in [2.75, 3.05) is 39.4 Å². The Kier molecular flexibility index (Phi) is 8.11. The molecule has 8 heteroatoms. The molecule has 0 aromatic rings. The van der Waals surface area contributed by atoms with Crippen molar-refractivity contribution in [3.05, 3.63) is 0 Å². The number of ether oxygens (including phenoxy) is 1. The first-order valence-electron chi connectivity index (χ1n) is 11.4. The van der Waals surface area contributed by atoms with Crippen molar-refractivity contribution in [3.8, 4) is 0 Å². The fraction of sp³-hybridized carbons (Fsp3) is 0.864. The van der Waals surface area contributed by atoms with Crippen molar-refractivity contribution in [1.82, 2.24) is 9.80 Å². The minimum absolute atomic E-state index is 0.178. The predicted octanol–water partition coefficient (Wildman–Crippen LogP) is 2.07. The lowest BCUT2D eigenvalue weighted by Crippen LogP contribution is -2.50. The lowest BCUT2D eigenvalue weighted by molar-refractivity contribution is -0.146. The fourth-order valence-corrected chi connectivity index (χ4v) is 5.66. The summed E-state index contributed by atoms with van der Waals surface area (Å²) in [5.74, 6) is -0.216. The van der Waals surface area contributed by atoms with Crippen molar-refractivity contribution in [2.45, 2.75) is 63.8 Å². The summed E-state index contributed by atoms with van der Waals surface area (Å²) < 4.78 is 5.48. The second-order valence-corrected chi connectivity index (χ2v) is 9.35. The van der Waals surface area contributed by atoms with E-state index in [0.29, 0.717) is 25.6 Å². The third-order valence-corrected chi connectivity index (χ3v) is 7.79. The lowest BCUT2D eigenvalue weighted by atomic mass is 9.70. The van der Waals surface area contributed by atoms with Crippen LogP contribution < -0.4 is 0 Å². The van der Waals surface area contributed by atoms with E-state index in [1.807, 2.05) is 4.90 Å². The summed E-state index contributed by atoms with van der Waals surface area (Å²) in [5, 5.41) is 16.7. The third kappa shape index (κ3) is 5.32. The van der Waals surface area contributed by atoms with Gasteiger partial charge in [0.25, 0.3) is 6.47 Å². The number of likely N-dealkylation sites (tertiary alicyclic amines) is 2. The van der Waals surface area contributed by atoms with Crippen LogP contribution in [0.5, 0.6) is 0 Å². The van der Waals surface area contributed by atoms with E-state index in [1.165, 1.54) is 19.3 Å². The first kappa shape index (κ1) is 23.0. The molecule has 0 aromatic heterocycles. The maximum atomic E-state index is 12.7. The molecule has 30 heavy (non-hydrogen) atoms. The molecular formula is C22H36N2O6. The smallest absolute Gasteiger partial charge is 0.308 e. The maximum Gasteiger partial charge on any atom is 0.308 e. The molecule has 4 aliphatic rings. The van der Waals surface area contributed by atoms with Gasteiger partial charge in [-0.15, -0.1) is 0 Å². The third-order valence-electron chi connectivity index (χ3n) is 7.79. The number of hydrogen-bond acceptors (Lipinski definition) is 5. The minimum atomic E-state index is -0.719. The van der Waals surface area contributed by atoms with Crippen molar-refractivity contribution in [1.29, 1.82) is 0 Å². The van der Waals surface area contributed by atoms with Crippen LogP contribution in [0.2, 0.25) is 0 Å². The Hall–Kier alpha value is -1.67. The number of carboxylic acids is 1. The van der Waals surface area contributed by atoms with Crippen LogP contribution in [0, 0.1) is 17.3 Å². The molecule has 2 N–H and O–H groups in total. The first-order valence-corrected chi connectivity index (χ1v) is 11.4. The zero-order valence-electron chi connectivity index (χ0n) is 17.8. The summed E-state index contributed by atoms with van der Waals surface area (Å²) >= 11 is 0. The molecule has 0 aromatic carbocycles. The number of nitrogens with zero attached hydrogens (tertiary/aromatic N) is 2. The molecule has 4 fully saturated rings. The van der Waals surface area contributed by atoms with Crippen LogP contribution in [-0.4, -0.2) is 83.8 Å². The topological polar surface area (TPSA) is 107 Å². The van der Waals surface area contributed by atoms with Crippen molar-refractivity contribution in [3.63, 3.8) is 0 Å². The van der Waals surface area contributed by atoms with Gasteiger partial charge in [-0.05, 0) is 51.1 Å². The molecule has 170 valence electrons. The Bertz CT molecular complexity index is 594. The highest BCUT2D eigenvalue weighted by Crippen LogP contribution is 2.46. The first-order chi connectivity index (χ1) is 14.5. The Balaban J connectivity index is 0.000000806. The van der Waals surface area contributed by atoms with E-state index in [1.54, 1.807) is 0 Å². The quantitative estimate of drug-likeness (QED) is 0.651. The number of carbonyl (C=O) groups excluding carboxylic acids is 1. The molecule has 0 radical (unpaired) electrons. The highest BCUT2D eigenvalue weighted by atomic mass is 16.5. The van der Waals surface area contributed by atoms with Gasteiger partial charge in [0.1, 0.15) is 0 Å². The summed E-state index contributed by atoms with van der Waals surface area (Å²) in [7, 11) is 0. The van der Waals surface area contributed by atoms with Crippen LogP contribution in [0.15, 0.2) is 0 Å². The highest BCUT2D eigenvalue weighted by molar-refractivity contribution is 5.79. The Morgan fingerprint density at radius 3 is 2.27 bits per heavy atom. The molecule has 3 saturated heterocycles. The molecule has 1 atom stereocenters. The van der Waals surface area contributed by atoms with Gasteiger partial charge in [0.2, 0.25) is 5.91 Å². The number of carbonyl (C=O) groups is 3. The molecule has 1 spiro atoms. The molecule has 4 rings (SSSR count). The average Bonchev–Trinajstić information content (AvgIpc) is 3.08. The number of amides is 1. The number of carboxylic acid groups (broad SMARTS) is 2. The summed E-state index contributed by atoms with van der Waals surface area (Å²) in [6.07, 6.45) is 9.37. The van der Waals surface area contributed by atoms with Gasteiger partial charge in [-0.25, -0.2) is 0 Å². The molecule has 1 amide bonds. The Morgan fingerprint density at radius 2 is 1.73 bits per heavy atom. The van der Waals surface area contributed by atoms with E-state index in [9.17, 15) is 14.7 Å². The summed E-state index contributed by atoms with van der Waals surface area (Å²) in [4.78, 5) is 37.5. The summed E-state index contributed by atoms with van der Waals surface area (Å²) in [6.45, 7) is 4.41. The SMILES string of the molecule is O=C(O)C1CN(C(=O)CCC2CCC2)CC12CCN(C1CCOCC1)CC2.O=CO. The standard InChI is InChI=1S/C21H34N2O4.CH2O2/c24-19(5-4-16-2-1-3-16)23-14-18(20(25)26)21(15-23)8-10-22(11-9-21)17-6-12-27-13-7-17;2-1-3/h16-18H,1-15H2,(H,25,26);1H,(H,2,3). The van der Waals surface area contributed by atoms with Gasteiger partial charge in [0.05, 0.1) is 5.92 Å². The van der Waals surface area contributed by atoms with Crippen LogP contribution >= 0.6 is 0 Å². The minimum Gasteiger partial charge on any atom is -0.483 e. The lowest BCUT2D eigenvalue weighted by Gasteiger charge is -2.45. The predicted molar refractivity (Wildman–Crippen MR) is 110 cm³/mol. The number of piperidine rings is 1. The largest absolute Gasteiger partial charge is 0.483 e. The van der Waals surface area contributed by atoms with Gasteiger partial charge in [-0.3, -0.25) is 14.4 Å². The van der Waals surface area contributed by atoms with Gasteiger partial charge < -0.3 is 24.7 Å². The summed E-state index contributed by atoms with van der Waals surface area (Å²) in [6, 6.07) is 0.584. The van der Waals surface area contributed by atoms with Crippen LogP contribution in [0.4, 0.5) is 0 Å². The Labute approximate surface area is 178 Å². The summed E-state index contributed by atoms with van der Waals surface area (Å²) in [5.41, 5.74) is -0.223. The van der Waals surface area contributed by atoms with E-state index < -0.39 is 11.9 Å². The van der Waals surface area contributed by atoms with E-state index in [0.717, 1.165) is 64.3 Å². The zero-order valence-corrected chi connectivity index (χ0v) is 17.8. The van der Waals surface area contributed by atoms with Gasteiger partial charge in [0.15, 0.2) is 0 Å². The number of hydrogen-bond donors (Lipinski definition) is 2. The molecule has 1 unspecified atom stereocenters. The van der Waals surface area contributed by atoms with Gasteiger partial charge in [-0.2, -0.15) is 0 Å². The van der Waals surface area contributed by atoms with Crippen LogP contribution in [-0.2, 0) is 19.1 Å². The second-order valence-electron chi connectivity index (χ2n) is 9.35. The van der Waals surface area contributed by atoms with E-state index in [4.69, 9.17) is 14.6 Å². The van der Waals surface area contributed by atoms with Gasteiger partial charge in [-0.1, -0.05) is 19.3 Å². The maximum absolute atomic E-state index is 12.7. The molecule has 0 bridgehead atoms. The van der Waals surface area contributed by atoms with E-state index in [2.05, 4.69) is 4.90 Å². The van der Waals surface area contributed by atoms with Gasteiger partial charge >= 0.3 is 5.97 Å². The van der Waals surface area contributed by atoms with E-state index in [-0.39, 0.29) is 17.8 Å². The zero-order chi connectivity index (χ0) is 21.6. The normalized spacial score (nSPS) is 27.2. The molecule has 3 heterocycles. The molecule has 1 aliphatic carbocycles. The molecular weight excluding hydrogens is 388 g/mol. The van der Waals surface area contributed by atoms with Gasteiger partial charge in [0, 0.05) is 44.2 Å². The average molecular weight is 425 g/mol. The monoisotopic (exact) mass is 424 g/mol. The van der Waals surface area contributed by atoms with E-state index >= 15 is 0 Å². The van der Waals surface area contributed by atoms with Crippen molar-refractivity contribution in [2.24, 2.45) is 17.3 Å². The molecule has 1 saturated carbocycles. The fourth-order valence-electron chi connectivity index (χ4n) is 5.66. The number of rotatable bonds is 5. The molecule has 3 aliphatic heterocycles.